The summed E-state index contributed by atoms with van der Waals surface area (Å²) in [6.45, 7) is 7.70. The van der Waals surface area contributed by atoms with E-state index < -0.39 is 17.1 Å². The number of hydrogen-bond acceptors (Lipinski definition) is 6. The highest BCUT2D eigenvalue weighted by molar-refractivity contribution is 5.77. The van der Waals surface area contributed by atoms with E-state index in [2.05, 4.69) is 5.10 Å². The zero-order valence-electron chi connectivity index (χ0n) is 15.8. The number of morpholine rings is 1. The van der Waals surface area contributed by atoms with Crippen molar-refractivity contribution in [1.82, 2.24) is 14.7 Å². The molecular weight excluding hydrogens is 350 g/mol. The molecule has 0 radical (unpaired) electrons. The molecule has 0 bridgehead atoms. The van der Waals surface area contributed by atoms with Gasteiger partial charge < -0.3 is 19.2 Å². The van der Waals surface area contributed by atoms with E-state index >= 15 is 0 Å². The van der Waals surface area contributed by atoms with E-state index in [0.29, 0.717) is 37.6 Å². The van der Waals surface area contributed by atoms with Crippen LogP contribution in [0.25, 0.3) is 0 Å². The molecule has 8 heteroatoms. The van der Waals surface area contributed by atoms with Crippen LogP contribution >= 0.6 is 0 Å². The van der Waals surface area contributed by atoms with E-state index in [1.165, 1.54) is 6.07 Å². The van der Waals surface area contributed by atoms with Crippen LogP contribution in [0, 0.1) is 6.92 Å². The summed E-state index contributed by atoms with van der Waals surface area (Å²) in [5.74, 6) is -0.653. The van der Waals surface area contributed by atoms with Gasteiger partial charge in [-0.1, -0.05) is 0 Å². The molecule has 3 heterocycles. The van der Waals surface area contributed by atoms with Crippen LogP contribution in [0.1, 0.15) is 49.3 Å². The number of aromatic nitrogens is 2. The molecular formula is C19H25N3O5. The predicted molar refractivity (Wildman–Crippen MR) is 97.9 cm³/mol. The number of hydrogen-bond donors (Lipinski definition) is 1. The molecule has 2 aromatic rings. The number of carbonyl (C=O) groups excluding carboxylic acids is 1. The van der Waals surface area contributed by atoms with Crippen molar-refractivity contribution in [2.24, 2.45) is 0 Å². The van der Waals surface area contributed by atoms with Crippen LogP contribution in [-0.2, 0) is 9.53 Å². The van der Waals surface area contributed by atoms with Gasteiger partial charge in [-0.25, -0.2) is 0 Å². The van der Waals surface area contributed by atoms with Gasteiger partial charge in [0.05, 0.1) is 25.3 Å². The largest absolute Gasteiger partial charge is 0.502 e. The van der Waals surface area contributed by atoms with Crippen molar-refractivity contribution in [3.8, 4) is 5.75 Å². The number of amides is 1. The number of ether oxygens (including phenoxy) is 1. The van der Waals surface area contributed by atoms with E-state index in [1.54, 1.807) is 22.7 Å². The average Bonchev–Trinajstić information content (AvgIpc) is 3.13. The van der Waals surface area contributed by atoms with Crippen LogP contribution in [0.3, 0.4) is 0 Å². The van der Waals surface area contributed by atoms with Crippen LogP contribution in [0.5, 0.6) is 5.75 Å². The standard InChI is InChI=1S/C19H25N3O5/c1-12(2)22-11-14(10-20-22)15(9-17(24)21-4-6-26-7-5-21)19-18(25)16(23)8-13(3)27-19/h8,10-12,15,25H,4-7,9H2,1-3H3. The topological polar surface area (TPSA) is 97.8 Å². The van der Waals surface area contributed by atoms with Crippen molar-refractivity contribution < 1.29 is 19.1 Å². The van der Waals surface area contributed by atoms with E-state index in [4.69, 9.17) is 9.15 Å². The molecule has 0 aromatic carbocycles. The Morgan fingerprint density at radius 2 is 2.04 bits per heavy atom. The van der Waals surface area contributed by atoms with Crippen LogP contribution in [0.15, 0.2) is 27.7 Å². The highest BCUT2D eigenvalue weighted by Gasteiger charge is 2.29. The Balaban J connectivity index is 1.98. The summed E-state index contributed by atoms with van der Waals surface area (Å²) < 4.78 is 12.7. The van der Waals surface area contributed by atoms with Crippen molar-refractivity contribution in [3.63, 3.8) is 0 Å². The molecule has 1 fully saturated rings. The van der Waals surface area contributed by atoms with Crippen LogP contribution in [-0.4, -0.2) is 52.0 Å². The van der Waals surface area contributed by atoms with Gasteiger partial charge in [-0.3, -0.25) is 14.3 Å². The summed E-state index contributed by atoms with van der Waals surface area (Å²) in [6, 6.07) is 1.38. The summed E-state index contributed by atoms with van der Waals surface area (Å²) in [6.07, 6.45) is 3.55. The molecule has 8 nitrogen and oxygen atoms in total. The lowest BCUT2D eigenvalue weighted by Gasteiger charge is -2.28. The Morgan fingerprint density at radius 3 is 2.67 bits per heavy atom. The summed E-state index contributed by atoms with van der Waals surface area (Å²) in [4.78, 5) is 26.6. The maximum atomic E-state index is 12.8. The van der Waals surface area contributed by atoms with Crippen molar-refractivity contribution >= 4 is 5.91 Å². The average molecular weight is 375 g/mol. The van der Waals surface area contributed by atoms with Crippen LogP contribution in [0.2, 0.25) is 0 Å². The molecule has 0 saturated carbocycles. The van der Waals surface area contributed by atoms with Gasteiger partial charge in [0.1, 0.15) is 5.76 Å². The Hall–Kier alpha value is -2.61. The third-order valence-electron chi connectivity index (χ3n) is 4.68. The fourth-order valence-electron chi connectivity index (χ4n) is 3.16. The Labute approximate surface area is 157 Å². The molecule has 1 unspecified atom stereocenters. The highest BCUT2D eigenvalue weighted by Crippen LogP contribution is 2.33. The quantitative estimate of drug-likeness (QED) is 0.856. The first-order valence-electron chi connectivity index (χ1n) is 9.10. The highest BCUT2D eigenvalue weighted by atomic mass is 16.5. The van der Waals surface area contributed by atoms with Crippen molar-refractivity contribution in [2.45, 2.75) is 39.2 Å². The van der Waals surface area contributed by atoms with E-state index in [-0.39, 0.29) is 24.1 Å². The summed E-state index contributed by atoms with van der Waals surface area (Å²) in [5, 5.41) is 14.6. The fraction of sp³-hybridized carbons (Fsp3) is 0.526. The predicted octanol–water partition coefficient (Wildman–Crippen LogP) is 1.81. The zero-order chi connectivity index (χ0) is 19.6. The first kappa shape index (κ1) is 19.2. The first-order chi connectivity index (χ1) is 12.9. The minimum absolute atomic E-state index is 0.0732. The smallest absolute Gasteiger partial charge is 0.227 e. The summed E-state index contributed by atoms with van der Waals surface area (Å²) in [5.41, 5.74) is 0.197. The minimum atomic E-state index is -0.597. The number of nitrogens with zero attached hydrogens (tertiary/aromatic N) is 3. The molecule has 0 spiro atoms. The van der Waals surface area contributed by atoms with Gasteiger partial charge in [-0.15, -0.1) is 0 Å². The third-order valence-corrected chi connectivity index (χ3v) is 4.68. The molecule has 27 heavy (non-hydrogen) atoms. The Morgan fingerprint density at radius 1 is 1.33 bits per heavy atom. The van der Waals surface area contributed by atoms with Gasteiger partial charge in [0, 0.05) is 43.4 Å². The molecule has 146 valence electrons. The molecule has 0 aliphatic carbocycles. The van der Waals surface area contributed by atoms with Crippen LogP contribution in [0.4, 0.5) is 0 Å². The molecule has 1 N–H and O–H groups in total. The third kappa shape index (κ3) is 4.21. The molecule has 1 amide bonds. The van der Waals surface area contributed by atoms with Crippen molar-refractivity contribution in [2.75, 3.05) is 26.3 Å². The van der Waals surface area contributed by atoms with Crippen molar-refractivity contribution in [1.29, 1.82) is 0 Å². The number of aryl methyl sites for hydroxylation is 1. The molecule has 3 rings (SSSR count). The minimum Gasteiger partial charge on any atom is -0.502 e. The van der Waals surface area contributed by atoms with Gasteiger partial charge in [-0.05, 0) is 20.8 Å². The molecule has 1 aliphatic rings. The number of aromatic hydroxyl groups is 1. The molecule has 2 aromatic heterocycles. The van der Waals surface area contributed by atoms with E-state index in [1.807, 2.05) is 20.0 Å². The SMILES string of the molecule is Cc1cc(=O)c(O)c(C(CC(=O)N2CCOCC2)c2cnn(C(C)C)c2)o1. The number of carbonyl (C=O) groups is 1. The lowest BCUT2D eigenvalue weighted by molar-refractivity contribution is -0.135. The molecule has 1 atom stereocenters. The Kier molecular flexibility index (Phi) is 5.65. The molecule has 1 saturated heterocycles. The van der Waals surface area contributed by atoms with Gasteiger partial charge >= 0.3 is 0 Å². The monoisotopic (exact) mass is 375 g/mol. The summed E-state index contributed by atoms with van der Waals surface area (Å²) in [7, 11) is 0. The molecule has 1 aliphatic heterocycles. The maximum absolute atomic E-state index is 12.8. The second-order valence-corrected chi connectivity index (χ2v) is 7.03. The number of rotatable bonds is 5. The maximum Gasteiger partial charge on any atom is 0.227 e. The zero-order valence-corrected chi connectivity index (χ0v) is 15.8. The lowest BCUT2D eigenvalue weighted by atomic mass is 9.94. The summed E-state index contributed by atoms with van der Waals surface area (Å²) >= 11 is 0. The van der Waals surface area contributed by atoms with E-state index in [0.717, 1.165) is 0 Å². The van der Waals surface area contributed by atoms with Gasteiger partial charge in [0.25, 0.3) is 0 Å². The van der Waals surface area contributed by atoms with Gasteiger partial charge in [-0.2, -0.15) is 5.10 Å². The second kappa shape index (κ2) is 7.96. The van der Waals surface area contributed by atoms with Gasteiger partial charge in [0.2, 0.25) is 17.1 Å². The van der Waals surface area contributed by atoms with Crippen LogP contribution < -0.4 is 5.43 Å². The first-order valence-corrected chi connectivity index (χ1v) is 9.10. The normalized spacial score (nSPS) is 15.9. The Bertz CT molecular complexity index is 864. The lowest BCUT2D eigenvalue weighted by Crippen LogP contribution is -2.41. The second-order valence-electron chi connectivity index (χ2n) is 7.03. The van der Waals surface area contributed by atoms with E-state index in [9.17, 15) is 14.7 Å². The van der Waals surface area contributed by atoms with Gasteiger partial charge in [0.15, 0.2) is 5.76 Å². The fourth-order valence-corrected chi connectivity index (χ4v) is 3.16. The van der Waals surface area contributed by atoms with Crippen molar-refractivity contribution in [3.05, 3.63) is 45.8 Å².